The summed E-state index contributed by atoms with van der Waals surface area (Å²) in [6.07, 6.45) is 2.04. The number of imidazole rings is 1. The Kier molecular flexibility index (Phi) is 4.56. The molecular formula is C34H26N4O. The predicted octanol–water partition coefficient (Wildman–Crippen LogP) is 8.82. The number of aryl methyl sites for hydroxylation is 1. The van der Waals surface area contributed by atoms with Crippen LogP contribution < -0.4 is 0 Å². The molecule has 0 aliphatic rings. The zero-order chi connectivity index (χ0) is 26.2. The van der Waals surface area contributed by atoms with E-state index in [-0.39, 0.29) is 0 Å². The van der Waals surface area contributed by atoms with Crippen LogP contribution >= 0.6 is 0 Å². The van der Waals surface area contributed by atoms with E-state index in [4.69, 9.17) is 14.4 Å². The molecule has 0 amide bonds. The van der Waals surface area contributed by atoms with Crippen LogP contribution in [0.2, 0.25) is 0 Å². The van der Waals surface area contributed by atoms with Crippen LogP contribution in [0.5, 0.6) is 0 Å². The maximum atomic E-state index is 6.61. The summed E-state index contributed by atoms with van der Waals surface area (Å²) in [6, 6.07) is 32.1. The molecule has 0 aliphatic heterocycles. The van der Waals surface area contributed by atoms with E-state index in [9.17, 15) is 0 Å². The number of pyridine rings is 2. The van der Waals surface area contributed by atoms with Crippen molar-refractivity contribution in [3.8, 4) is 17.0 Å². The van der Waals surface area contributed by atoms with Gasteiger partial charge in [0.15, 0.2) is 0 Å². The first-order valence-corrected chi connectivity index (χ1v) is 13.4. The SMILES string of the molecule is Cc1cn2c(n1)c1ccc(C(C)C)nc1c1cc(-c3cccc(-n4c5ccccc5c5ccccc54)c3)oc12. The van der Waals surface area contributed by atoms with Gasteiger partial charge in [0, 0.05) is 39.3 Å². The molecule has 0 unspecified atom stereocenters. The number of nitrogens with zero attached hydrogens (tertiary/aromatic N) is 4. The Bertz CT molecular complexity index is 2170. The van der Waals surface area contributed by atoms with Crippen molar-refractivity contribution >= 4 is 49.5 Å². The molecule has 5 aromatic heterocycles. The highest BCUT2D eigenvalue weighted by atomic mass is 16.3. The summed E-state index contributed by atoms with van der Waals surface area (Å²) in [5, 5.41) is 4.53. The first-order valence-electron chi connectivity index (χ1n) is 13.4. The van der Waals surface area contributed by atoms with Crippen molar-refractivity contribution < 1.29 is 4.42 Å². The summed E-state index contributed by atoms with van der Waals surface area (Å²) in [5.74, 6) is 1.14. The second kappa shape index (κ2) is 8.05. The number of hydrogen-bond donors (Lipinski definition) is 0. The number of benzene rings is 3. The van der Waals surface area contributed by atoms with Crippen LogP contribution in [0, 0.1) is 6.92 Å². The van der Waals surface area contributed by atoms with E-state index < -0.39 is 0 Å². The second-order valence-corrected chi connectivity index (χ2v) is 10.6. The third kappa shape index (κ3) is 3.20. The Morgan fingerprint density at radius 1 is 0.718 bits per heavy atom. The molecule has 0 saturated carbocycles. The normalized spacial score (nSPS) is 12.2. The molecular weight excluding hydrogens is 480 g/mol. The van der Waals surface area contributed by atoms with E-state index in [1.54, 1.807) is 0 Å². The van der Waals surface area contributed by atoms with E-state index >= 15 is 0 Å². The van der Waals surface area contributed by atoms with Gasteiger partial charge in [0.25, 0.3) is 0 Å². The molecule has 39 heavy (non-hydrogen) atoms. The topological polar surface area (TPSA) is 48.3 Å². The van der Waals surface area contributed by atoms with E-state index in [1.165, 1.54) is 21.8 Å². The fourth-order valence-corrected chi connectivity index (χ4v) is 5.90. The van der Waals surface area contributed by atoms with Gasteiger partial charge in [-0.1, -0.05) is 62.4 Å². The van der Waals surface area contributed by atoms with Crippen LogP contribution in [0.1, 0.15) is 31.2 Å². The lowest BCUT2D eigenvalue weighted by atomic mass is 10.1. The van der Waals surface area contributed by atoms with Crippen LogP contribution in [0.4, 0.5) is 0 Å². The van der Waals surface area contributed by atoms with Crippen LogP contribution in [-0.4, -0.2) is 18.9 Å². The van der Waals surface area contributed by atoms with Gasteiger partial charge in [-0.2, -0.15) is 0 Å². The maximum absolute atomic E-state index is 6.61. The first kappa shape index (κ1) is 22.1. The summed E-state index contributed by atoms with van der Waals surface area (Å²) in [7, 11) is 0. The van der Waals surface area contributed by atoms with Gasteiger partial charge in [0.05, 0.1) is 27.6 Å². The molecule has 5 heterocycles. The van der Waals surface area contributed by atoms with Crippen LogP contribution in [-0.2, 0) is 0 Å². The molecule has 0 spiro atoms. The van der Waals surface area contributed by atoms with Gasteiger partial charge < -0.3 is 8.98 Å². The van der Waals surface area contributed by atoms with Gasteiger partial charge >= 0.3 is 0 Å². The quantitative estimate of drug-likeness (QED) is 0.240. The van der Waals surface area contributed by atoms with Crippen molar-refractivity contribution in [2.45, 2.75) is 26.7 Å². The molecule has 3 aromatic carbocycles. The molecule has 8 aromatic rings. The van der Waals surface area contributed by atoms with Crippen molar-refractivity contribution in [2.24, 2.45) is 0 Å². The molecule has 5 nitrogen and oxygen atoms in total. The second-order valence-electron chi connectivity index (χ2n) is 10.6. The molecule has 0 radical (unpaired) electrons. The summed E-state index contributed by atoms with van der Waals surface area (Å²) in [4.78, 5) is 9.89. The van der Waals surface area contributed by atoms with Gasteiger partial charge in [0.2, 0.25) is 5.71 Å². The lowest BCUT2D eigenvalue weighted by molar-refractivity contribution is 0.613. The average Bonchev–Trinajstić information content (AvgIpc) is 3.66. The molecule has 188 valence electrons. The minimum absolute atomic E-state index is 0.330. The van der Waals surface area contributed by atoms with Crippen molar-refractivity contribution in [1.82, 2.24) is 18.9 Å². The Balaban J connectivity index is 1.38. The van der Waals surface area contributed by atoms with Gasteiger partial charge in [-0.3, -0.25) is 9.38 Å². The van der Waals surface area contributed by atoms with Crippen LogP contribution in [0.15, 0.2) is 102 Å². The highest BCUT2D eigenvalue weighted by Gasteiger charge is 2.19. The molecule has 0 fully saturated rings. The van der Waals surface area contributed by atoms with Crippen molar-refractivity contribution in [1.29, 1.82) is 0 Å². The number of hydrogen-bond acceptors (Lipinski definition) is 3. The van der Waals surface area contributed by atoms with Gasteiger partial charge in [-0.05, 0) is 55.3 Å². The minimum Gasteiger partial charge on any atom is -0.439 e. The van der Waals surface area contributed by atoms with Crippen LogP contribution in [0.3, 0.4) is 0 Å². The zero-order valence-corrected chi connectivity index (χ0v) is 22.0. The van der Waals surface area contributed by atoms with Gasteiger partial charge in [0.1, 0.15) is 11.4 Å². The van der Waals surface area contributed by atoms with E-state index in [2.05, 4.69) is 114 Å². The Morgan fingerprint density at radius 2 is 1.46 bits per heavy atom. The van der Waals surface area contributed by atoms with Crippen LogP contribution in [0.25, 0.3) is 66.5 Å². The molecule has 5 heteroatoms. The maximum Gasteiger partial charge on any atom is 0.215 e. The average molecular weight is 507 g/mol. The molecule has 0 bridgehead atoms. The Hall–Kier alpha value is -4.90. The summed E-state index contributed by atoms with van der Waals surface area (Å²) < 4.78 is 11.0. The highest BCUT2D eigenvalue weighted by molar-refractivity contribution is 6.10. The lowest BCUT2D eigenvalue weighted by Crippen LogP contribution is -1.95. The molecule has 8 rings (SSSR count). The fraction of sp³-hybridized carbons (Fsp3) is 0.118. The first-order chi connectivity index (χ1) is 19.1. The van der Waals surface area contributed by atoms with E-state index in [1.807, 2.05) is 13.1 Å². The summed E-state index contributed by atoms with van der Waals surface area (Å²) >= 11 is 0. The Morgan fingerprint density at radius 3 is 2.21 bits per heavy atom. The van der Waals surface area contributed by atoms with E-state index in [0.29, 0.717) is 5.92 Å². The fourth-order valence-electron chi connectivity index (χ4n) is 5.90. The minimum atomic E-state index is 0.330. The number of para-hydroxylation sites is 2. The van der Waals surface area contributed by atoms with Gasteiger partial charge in [-0.15, -0.1) is 0 Å². The Labute approximate surface area is 225 Å². The smallest absolute Gasteiger partial charge is 0.215 e. The van der Waals surface area contributed by atoms with Gasteiger partial charge in [-0.25, -0.2) is 4.98 Å². The third-order valence-corrected chi connectivity index (χ3v) is 7.73. The molecule has 0 atom stereocenters. The monoisotopic (exact) mass is 506 g/mol. The summed E-state index contributed by atoms with van der Waals surface area (Å²) in [6.45, 7) is 6.36. The lowest BCUT2D eigenvalue weighted by Gasteiger charge is -2.09. The largest absolute Gasteiger partial charge is 0.439 e. The number of aromatic nitrogens is 4. The van der Waals surface area contributed by atoms with Crippen molar-refractivity contribution in [3.63, 3.8) is 0 Å². The van der Waals surface area contributed by atoms with Crippen molar-refractivity contribution in [3.05, 3.63) is 109 Å². The number of furan rings is 1. The molecule has 0 saturated heterocycles. The third-order valence-electron chi connectivity index (χ3n) is 7.73. The highest BCUT2D eigenvalue weighted by Crippen LogP contribution is 2.37. The number of fused-ring (bicyclic) bond motifs is 9. The predicted molar refractivity (Wildman–Crippen MR) is 159 cm³/mol. The zero-order valence-electron chi connectivity index (χ0n) is 22.0. The summed E-state index contributed by atoms with van der Waals surface area (Å²) in [5.41, 5.74) is 9.07. The molecule has 0 aliphatic carbocycles. The molecule has 0 N–H and O–H groups in total. The van der Waals surface area contributed by atoms with E-state index in [0.717, 1.165) is 56.0 Å². The van der Waals surface area contributed by atoms with Crippen molar-refractivity contribution in [2.75, 3.05) is 0 Å². The number of rotatable bonds is 3. The standard InChI is InChI=1S/C34H26N4O/c1-20(2)28-16-15-26-32(36-28)27-18-31(39-34(27)37-19-21(3)35-33(26)37)22-9-8-10-23(17-22)38-29-13-6-4-11-24(29)25-12-5-7-14-30(25)38/h4-20H,1-3H3.